The number of hydrogen-bond acceptors (Lipinski definition) is 3. The van der Waals surface area contributed by atoms with Gasteiger partial charge in [0.15, 0.2) is 0 Å². The smallest absolute Gasteiger partial charge is 0.252 e. The number of ether oxygens (including phenoxy) is 1. The monoisotopic (exact) mass is 288 g/mol. The molecule has 1 aromatic carbocycles. The Bertz CT molecular complexity index is 554. The van der Waals surface area contributed by atoms with Crippen LogP contribution in [0.4, 0.5) is 0 Å². The molecule has 0 aromatic heterocycles. The quantitative estimate of drug-likeness (QED) is 0.813. The molecule has 0 aliphatic rings. The highest BCUT2D eigenvalue weighted by Crippen LogP contribution is 2.12. The number of benzene rings is 1. The highest BCUT2D eigenvalue weighted by Gasteiger charge is 2.19. The maximum atomic E-state index is 12.3. The third-order valence-electron chi connectivity index (χ3n) is 2.95. The Morgan fingerprint density at radius 2 is 2.14 bits per heavy atom. The van der Waals surface area contributed by atoms with Crippen LogP contribution in [-0.4, -0.2) is 31.2 Å². The van der Waals surface area contributed by atoms with E-state index in [0.717, 1.165) is 5.56 Å². The summed E-state index contributed by atoms with van der Waals surface area (Å²) in [6.45, 7) is 9.12. The van der Waals surface area contributed by atoms with Gasteiger partial charge in [-0.1, -0.05) is 17.9 Å². The van der Waals surface area contributed by atoms with Crippen LogP contribution in [0.1, 0.15) is 42.3 Å². The molecule has 0 atom stereocenters. The SMILES string of the molecule is CCOC(C)(C)CNC(=O)c1ccc(C)cc1C#CCN. The van der Waals surface area contributed by atoms with Crippen LogP contribution in [0, 0.1) is 18.8 Å². The Morgan fingerprint density at radius 1 is 1.43 bits per heavy atom. The highest BCUT2D eigenvalue weighted by atomic mass is 16.5. The fourth-order valence-corrected chi connectivity index (χ4v) is 1.94. The number of hydrogen-bond donors (Lipinski definition) is 2. The van der Waals surface area contributed by atoms with E-state index in [4.69, 9.17) is 10.5 Å². The van der Waals surface area contributed by atoms with E-state index in [9.17, 15) is 4.79 Å². The Balaban J connectivity index is 2.87. The summed E-state index contributed by atoms with van der Waals surface area (Å²) in [6.07, 6.45) is 0. The van der Waals surface area contributed by atoms with E-state index < -0.39 is 5.60 Å². The van der Waals surface area contributed by atoms with Crippen LogP contribution in [0.3, 0.4) is 0 Å². The lowest BCUT2D eigenvalue weighted by atomic mass is 10.0. The summed E-state index contributed by atoms with van der Waals surface area (Å²) >= 11 is 0. The first-order valence-electron chi connectivity index (χ1n) is 7.11. The molecule has 0 fully saturated rings. The van der Waals surface area contributed by atoms with Crippen molar-refractivity contribution in [1.29, 1.82) is 0 Å². The fraction of sp³-hybridized carbons (Fsp3) is 0.471. The van der Waals surface area contributed by atoms with Crippen LogP contribution in [0.15, 0.2) is 18.2 Å². The standard InChI is InChI=1S/C17H24N2O2/c1-5-21-17(3,4)12-19-16(20)15-9-8-13(2)11-14(15)7-6-10-18/h8-9,11H,5,10,12,18H2,1-4H3,(H,19,20). The molecule has 0 aliphatic carbocycles. The molecule has 0 saturated heterocycles. The molecule has 0 spiro atoms. The predicted octanol–water partition coefficient (Wildman–Crippen LogP) is 1.85. The molecule has 0 aliphatic heterocycles. The maximum Gasteiger partial charge on any atom is 0.252 e. The van der Waals surface area contributed by atoms with Crippen LogP contribution in [0.25, 0.3) is 0 Å². The van der Waals surface area contributed by atoms with Gasteiger partial charge < -0.3 is 15.8 Å². The summed E-state index contributed by atoms with van der Waals surface area (Å²) in [5.74, 6) is 5.59. The van der Waals surface area contributed by atoms with E-state index in [1.54, 1.807) is 6.07 Å². The van der Waals surface area contributed by atoms with Gasteiger partial charge in [-0.3, -0.25) is 4.79 Å². The third kappa shape index (κ3) is 5.58. The van der Waals surface area contributed by atoms with Crippen molar-refractivity contribution in [1.82, 2.24) is 5.32 Å². The van der Waals surface area contributed by atoms with Crippen LogP contribution in [-0.2, 0) is 4.74 Å². The normalized spacial score (nSPS) is 10.7. The maximum absolute atomic E-state index is 12.3. The minimum absolute atomic E-state index is 0.149. The van der Waals surface area contributed by atoms with E-state index in [1.807, 2.05) is 39.8 Å². The Hall–Kier alpha value is -1.83. The van der Waals surface area contributed by atoms with Gasteiger partial charge in [-0.05, 0) is 45.4 Å². The average molecular weight is 288 g/mol. The fourth-order valence-electron chi connectivity index (χ4n) is 1.94. The summed E-state index contributed by atoms with van der Waals surface area (Å²) in [7, 11) is 0. The summed E-state index contributed by atoms with van der Waals surface area (Å²) in [4.78, 5) is 12.3. The second-order valence-electron chi connectivity index (χ2n) is 5.43. The molecule has 114 valence electrons. The number of amides is 1. The largest absolute Gasteiger partial charge is 0.374 e. The van der Waals surface area contributed by atoms with Gasteiger partial charge in [0.05, 0.1) is 17.7 Å². The van der Waals surface area contributed by atoms with Crippen molar-refractivity contribution >= 4 is 5.91 Å². The minimum Gasteiger partial charge on any atom is -0.374 e. The first-order chi connectivity index (χ1) is 9.89. The first kappa shape index (κ1) is 17.2. The number of aryl methyl sites for hydroxylation is 1. The second-order valence-corrected chi connectivity index (χ2v) is 5.43. The van der Waals surface area contributed by atoms with Gasteiger partial charge in [-0.2, -0.15) is 0 Å². The summed E-state index contributed by atoms with van der Waals surface area (Å²) in [5, 5.41) is 2.90. The molecule has 0 heterocycles. The van der Waals surface area contributed by atoms with Crippen LogP contribution in [0.2, 0.25) is 0 Å². The molecule has 0 radical (unpaired) electrons. The van der Waals surface area contributed by atoms with Gasteiger partial charge in [0.1, 0.15) is 0 Å². The van der Waals surface area contributed by atoms with Crippen molar-refractivity contribution < 1.29 is 9.53 Å². The van der Waals surface area contributed by atoms with Gasteiger partial charge in [0.25, 0.3) is 5.91 Å². The second kappa shape index (κ2) is 7.82. The molecule has 1 rings (SSSR count). The summed E-state index contributed by atoms with van der Waals surface area (Å²) in [6, 6.07) is 5.58. The molecule has 1 amide bonds. The lowest BCUT2D eigenvalue weighted by molar-refractivity contribution is -0.00815. The van der Waals surface area contributed by atoms with E-state index in [-0.39, 0.29) is 12.5 Å². The van der Waals surface area contributed by atoms with E-state index in [2.05, 4.69) is 17.2 Å². The van der Waals surface area contributed by atoms with Crippen molar-refractivity contribution in [3.63, 3.8) is 0 Å². The first-order valence-corrected chi connectivity index (χ1v) is 7.11. The van der Waals surface area contributed by atoms with Crippen molar-refractivity contribution in [3.8, 4) is 11.8 Å². The topological polar surface area (TPSA) is 64.3 Å². The number of nitrogens with one attached hydrogen (secondary N) is 1. The zero-order valence-corrected chi connectivity index (χ0v) is 13.2. The molecule has 0 saturated carbocycles. The number of rotatable bonds is 5. The van der Waals surface area contributed by atoms with Crippen molar-refractivity contribution in [2.24, 2.45) is 5.73 Å². The van der Waals surface area contributed by atoms with Gasteiger partial charge in [0.2, 0.25) is 0 Å². The van der Waals surface area contributed by atoms with E-state index >= 15 is 0 Å². The lowest BCUT2D eigenvalue weighted by Crippen LogP contribution is -2.40. The average Bonchev–Trinajstić information content (AvgIpc) is 2.42. The molecule has 4 heteroatoms. The molecular weight excluding hydrogens is 264 g/mol. The zero-order valence-electron chi connectivity index (χ0n) is 13.2. The Morgan fingerprint density at radius 3 is 2.76 bits per heavy atom. The highest BCUT2D eigenvalue weighted by molar-refractivity contribution is 5.96. The predicted molar refractivity (Wildman–Crippen MR) is 85.1 cm³/mol. The van der Waals surface area contributed by atoms with E-state index in [0.29, 0.717) is 24.3 Å². The molecule has 21 heavy (non-hydrogen) atoms. The number of carbonyl (C=O) groups excluding carboxylic acids is 1. The van der Waals surface area contributed by atoms with E-state index in [1.165, 1.54) is 0 Å². The molecule has 3 N–H and O–H groups in total. The van der Waals surface area contributed by atoms with Crippen LogP contribution < -0.4 is 11.1 Å². The van der Waals surface area contributed by atoms with Gasteiger partial charge in [0, 0.05) is 18.7 Å². The number of carbonyl (C=O) groups is 1. The molecule has 0 bridgehead atoms. The molecule has 1 aromatic rings. The molecule has 4 nitrogen and oxygen atoms in total. The zero-order chi connectivity index (χ0) is 15.9. The summed E-state index contributed by atoms with van der Waals surface area (Å²) in [5.41, 5.74) is 7.33. The third-order valence-corrected chi connectivity index (χ3v) is 2.95. The Kier molecular flexibility index (Phi) is 6.41. The minimum atomic E-state index is -0.391. The van der Waals surface area contributed by atoms with Gasteiger partial charge >= 0.3 is 0 Å². The molecule has 0 unspecified atom stereocenters. The Labute approximate surface area is 127 Å². The lowest BCUT2D eigenvalue weighted by Gasteiger charge is -2.25. The van der Waals surface area contributed by atoms with Crippen molar-refractivity contribution in [2.45, 2.75) is 33.3 Å². The van der Waals surface area contributed by atoms with Gasteiger partial charge in [-0.15, -0.1) is 0 Å². The van der Waals surface area contributed by atoms with Crippen LogP contribution in [0.5, 0.6) is 0 Å². The van der Waals surface area contributed by atoms with Crippen molar-refractivity contribution in [3.05, 3.63) is 34.9 Å². The van der Waals surface area contributed by atoms with Crippen LogP contribution >= 0.6 is 0 Å². The van der Waals surface area contributed by atoms with Gasteiger partial charge in [-0.25, -0.2) is 0 Å². The number of nitrogens with two attached hydrogens (primary N) is 1. The molecular formula is C17H24N2O2. The van der Waals surface area contributed by atoms with Crippen molar-refractivity contribution in [2.75, 3.05) is 19.7 Å². The summed E-state index contributed by atoms with van der Waals surface area (Å²) < 4.78 is 5.57.